The molecule has 1 amide bonds. The predicted octanol–water partition coefficient (Wildman–Crippen LogP) is 1.02. The number of halogens is 1. The Bertz CT molecular complexity index is 830. The molecule has 1 aromatic heterocycles. The summed E-state index contributed by atoms with van der Waals surface area (Å²) in [6.45, 7) is 1.81. The summed E-state index contributed by atoms with van der Waals surface area (Å²) in [6, 6.07) is 2.92. The van der Waals surface area contributed by atoms with Gasteiger partial charge in [-0.05, 0) is 24.6 Å². The third kappa shape index (κ3) is 3.08. The van der Waals surface area contributed by atoms with E-state index in [1.54, 1.807) is 7.05 Å². The number of nitrogens with one attached hydrogen (secondary N) is 1. The molecular formula is C13H15FN4O3S. The van der Waals surface area contributed by atoms with Crippen LogP contribution in [-0.4, -0.2) is 24.1 Å². The standard InChI is InChI=1S/C13H15FN4O3S/c1-3-10-11(7-18(2)16-10)17-22(20,21)12-6-8(13(15)19)4-5-9(12)14/h4-7,17H,3H2,1-2H3,(H2,15,19). The highest BCUT2D eigenvalue weighted by molar-refractivity contribution is 7.92. The van der Waals surface area contributed by atoms with E-state index >= 15 is 0 Å². The van der Waals surface area contributed by atoms with Crippen molar-refractivity contribution in [1.29, 1.82) is 0 Å². The van der Waals surface area contributed by atoms with Crippen molar-refractivity contribution in [1.82, 2.24) is 9.78 Å². The van der Waals surface area contributed by atoms with Gasteiger partial charge in [-0.15, -0.1) is 0 Å². The highest BCUT2D eigenvalue weighted by Gasteiger charge is 2.22. The summed E-state index contributed by atoms with van der Waals surface area (Å²) in [4.78, 5) is 10.5. The number of benzene rings is 1. The molecule has 0 saturated heterocycles. The summed E-state index contributed by atoms with van der Waals surface area (Å²) < 4.78 is 42.2. The number of nitrogens with two attached hydrogens (primary N) is 1. The lowest BCUT2D eigenvalue weighted by Crippen LogP contribution is -2.17. The van der Waals surface area contributed by atoms with Crippen LogP contribution in [-0.2, 0) is 23.5 Å². The highest BCUT2D eigenvalue weighted by atomic mass is 32.2. The molecular weight excluding hydrogens is 311 g/mol. The van der Waals surface area contributed by atoms with Crippen molar-refractivity contribution in [3.8, 4) is 0 Å². The van der Waals surface area contributed by atoms with Crippen LogP contribution in [0.25, 0.3) is 0 Å². The number of rotatable bonds is 5. The van der Waals surface area contributed by atoms with E-state index in [1.807, 2.05) is 6.92 Å². The summed E-state index contributed by atoms with van der Waals surface area (Å²) in [5, 5.41) is 4.10. The number of hydrogen-bond donors (Lipinski definition) is 2. The molecule has 0 unspecified atom stereocenters. The molecule has 118 valence electrons. The monoisotopic (exact) mass is 326 g/mol. The van der Waals surface area contributed by atoms with E-state index in [1.165, 1.54) is 10.9 Å². The van der Waals surface area contributed by atoms with Crippen LogP contribution in [0.1, 0.15) is 23.0 Å². The topological polar surface area (TPSA) is 107 Å². The van der Waals surface area contributed by atoms with Crippen LogP contribution < -0.4 is 10.5 Å². The number of hydrogen-bond acceptors (Lipinski definition) is 4. The lowest BCUT2D eigenvalue weighted by atomic mass is 10.2. The Balaban J connectivity index is 2.46. The summed E-state index contributed by atoms with van der Waals surface area (Å²) in [6.07, 6.45) is 1.98. The van der Waals surface area contributed by atoms with Crippen LogP contribution in [0.2, 0.25) is 0 Å². The number of sulfonamides is 1. The molecule has 7 nitrogen and oxygen atoms in total. The Kier molecular flexibility index (Phi) is 4.18. The normalized spacial score (nSPS) is 11.4. The largest absolute Gasteiger partial charge is 0.366 e. The van der Waals surface area contributed by atoms with Gasteiger partial charge in [0.1, 0.15) is 10.7 Å². The molecule has 0 spiro atoms. The van der Waals surface area contributed by atoms with E-state index < -0.39 is 26.6 Å². The van der Waals surface area contributed by atoms with Gasteiger partial charge in [-0.1, -0.05) is 6.92 Å². The summed E-state index contributed by atoms with van der Waals surface area (Å²) in [5.74, 6) is -1.81. The Morgan fingerprint density at radius 3 is 2.73 bits per heavy atom. The van der Waals surface area contributed by atoms with Gasteiger partial charge in [0.05, 0.1) is 11.4 Å². The Labute approximate surface area is 127 Å². The molecule has 0 atom stereocenters. The van der Waals surface area contributed by atoms with E-state index in [-0.39, 0.29) is 11.3 Å². The molecule has 22 heavy (non-hydrogen) atoms. The second-order valence-corrected chi connectivity index (χ2v) is 6.28. The molecule has 0 radical (unpaired) electrons. The first-order chi connectivity index (χ1) is 10.2. The minimum absolute atomic E-state index is 0.0938. The van der Waals surface area contributed by atoms with Crippen LogP contribution in [0.5, 0.6) is 0 Å². The molecule has 1 aromatic carbocycles. The molecule has 0 fully saturated rings. The fourth-order valence-electron chi connectivity index (χ4n) is 1.94. The van der Waals surface area contributed by atoms with Gasteiger partial charge in [0.25, 0.3) is 10.0 Å². The van der Waals surface area contributed by atoms with Gasteiger partial charge < -0.3 is 5.73 Å². The minimum Gasteiger partial charge on any atom is -0.366 e. The van der Waals surface area contributed by atoms with Crippen molar-refractivity contribution in [3.63, 3.8) is 0 Å². The summed E-state index contributed by atoms with van der Waals surface area (Å²) in [5.41, 5.74) is 5.78. The van der Waals surface area contributed by atoms with Crippen LogP contribution in [0.4, 0.5) is 10.1 Å². The van der Waals surface area contributed by atoms with Crippen LogP contribution >= 0.6 is 0 Å². The first-order valence-corrected chi connectivity index (χ1v) is 7.87. The molecule has 2 rings (SSSR count). The lowest BCUT2D eigenvalue weighted by Gasteiger charge is -2.09. The second-order valence-electron chi connectivity index (χ2n) is 4.63. The van der Waals surface area contributed by atoms with E-state index in [0.29, 0.717) is 12.1 Å². The van der Waals surface area contributed by atoms with Gasteiger partial charge in [0.2, 0.25) is 5.91 Å². The molecule has 0 aliphatic rings. The maximum atomic E-state index is 13.8. The number of amides is 1. The average Bonchev–Trinajstić information content (AvgIpc) is 2.77. The third-order valence-electron chi connectivity index (χ3n) is 2.99. The molecule has 1 heterocycles. The van der Waals surface area contributed by atoms with E-state index in [4.69, 9.17) is 5.73 Å². The zero-order chi connectivity index (χ0) is 16.5. The number of carbonyl (C=O) groups is 1. The summed E-state index contributed by atoms with van der Waals surface area (Å²) in [7, 11) is -2.56. The zero-order valence-corrected chi connectivity index (χ0v) is 12.8. The van der Waals surface area contributed by atoms with Gasteiger partial charge in [0, 0.05) is 18.8 Å². The molecule has 9 heteroatoms. The molecule has 3 N–H and O–H groups in total. The maximum Gasteiger partial charge on any atom is 0.264 e. The molecule has 0 aliphatic heterocycles. The fraction of sp³-hybridized carbons (Fsp3) is 0.231. The van der Waals surface area contributed by atoms with E-state index in [0.717, 1.165) is 18.2 Å². The Morgan fingerprint density at radius 2 is 2.14 bits per heavy atom. The SMILES string of the molecule is CCc1nn(C)cc1NS(=O)(=O)c1cc(C(N)=O)ccc1F. The molecule has 0 aliphatic carbocycles. The van der Waals surface area contributed by atoms with Crippen molar-refractivity contribution >= 4 is 21.6 Å². The minimum atomic E-state index is -4.21. The van der Waals surface area contributed by atoms with Crippen molar-refractivity contribution in [2.45, 2.75) is 18.2 Å². The lowest BCUT2D eigenvalue weighted by molar-refractivity contribution is 0.1000. The van der Waals surface area contributed by atoms with Gasteiger partial charge in [-0.3, -0.25) is 14.2 Å². The molecule has 2 aromatic rings. The van der Waals surface area contributed by atoms with Crippen LogP contribution in [0.3, 0.4) is 0 Å². The summed E-state index contributed by atoms with van der Waals surface area (Å²) >= 11 is 0. The number of carbonyl (C=O) groups excluding carboxylic acids is 1. The smallest absolute Gasteiger partial charge is 0.264 e. The zero-order valence-electron chi connectivity index (χ0n) is 12.0. The van der Waals surface area contributed by atoms with Crippen molar-refractivity contribution in [3.05, 3.63) is 41.5 Å². The van der Waals surface area contributed by atoms with Gasteiger partial charge in [-0.25, -0.2) is 12.8 Å². The number of anilines is 1. The third-order valence-corrected chi connectivity index (χ3v) is 4.37. The molecule has 0 bridgehead atoms. The Morgan fingerprint density at radius 1 is 1.45 bits per heavy atom. The number of aryl methyl sites for hydroxylation is 2. The van der Waals surface area contributed by atoms with Crippen LogP contribution in [0.15, 0.2) is 29.3 Å². The first-order valence-electron chi connectivity index (χ1n) is 6.39. The van der Waals surface area contributed by atoms with Gasteiger partial charge in [-0.2, -0.15) is 5.10 Å². The van der Waals surface area contributed by atoms with E-state index in [2.05, 4.69) is 9.82 Å². The van der Waals surface area contributed by atoms with Crippen molar-refractivity contribution in [2.24, 2.45) is 12.8 Å². The first kappa shape index (κ1) is 16.0. The highest BCUT2D eigenvalue weighted by Crippen LogP contribution is 2.22. The fourth-order valence-corrected chi connectivity index (χ4v) is 3.12. The second kappa shape index (κ2) is 5.76. The Hall–Kier alpha value is -2.42. The predicted molar refractivity (Wildman–Crippen MR) is 78.3 cm³/mol. The quantitative estimate of drug-likeness (QED) is 0.855. The number of primary amides is 1. The maximum absolute atomic E-state index is 13.8. The van der Waals surface area contributed by atoms with Crippen molar-refractivity contribution in [2.75, 3.05) is 4.72 Å². The van der Waals surface area contributed by atoms with E-state index in [9.17, 15) is 17.6 Å². The molecule has 0 saturated carbocycles. The van der Waals surface area contributed by atoms with Crippen LogP contribution in [0, 0.1) is 5.82 Å². The average molecular weight is 326 g/mol. The van der Waals surface area contributed by atoms with Gasteiger partial charge in [0.15, 0.2) is 0 Å². The number of aromatic nitrogens is 2. The van der Waals surface area contributed by atoms with Gasteiger partial charge >= 0.3 is 0 Å². The number of nitrogens with zero attached hydrogens (tertiary/aromatic N) is 2. The van der Waals surface area contributed by atoms with Crippen molar-refractivity contribution < 1.29 is 17.6 Å².